The van der Waals surface area contributed by atoms with Crippen molar-refractivity contribution in [2.24, 2.45) is 0 Å². The maximum atomic E-state index is 5.92. The first-order valence-corrected chi connectivity index (χ1v) is 5.05. The molecule has 14 heavy (non-hydrogen) atoms. The molecule has 1 fully saturated rings. The quantitative estimate of drug-likeness (QED) is 0.685. The van der Waals surface area contributed by atoms with Crippen LogP contribution in [0.3, 0.4) is 0 Å². The molecule has 2 N–H and O–H groups in total. The molecule has 0 radical (unpaired) electrons. The van der Waals surface area contributed by atoms with Crippen LogP contribution in [0.1, 0.15) is 6.42 Å². The second-order valence-electron chi connectivity index (χ2n) is 3.51. The lowest BCUT2D eigenvalue weighted by atomic mass is 10.2. The molecule has 1 aromatic carbocycles. The van der Waals surface area contributed by atoms with Crippen molar-refractivity contribution in [2.45, 2.75) is 6.42 Å². The third-order valence-electron chi connectivity index (χ3n) is 2.50. The van der Waals surface area contributed by atoms with Crippen LogP contribution < -0.4 is 10.6 Å². The summed E-state index contributed by atoms with van der Waals surface area (Å²) in [5.74, 6) is 0. The maximum Gasteiger partial charge on any atom is 0.0641 e. The summed E-state index contributed by atoms with van der Waals surface area (Å²) in [6.45, 7) is 3.64. The van der Waals surface area contributed by atoms with Crippen LogP contribution in [-0.2, 0) is 4.74 Å². The van der Waals surface area contributed by atoms with Gasteiger partial charge in [0.05, 0.1) is 18.0 Å². The van der Waals surface area contributed by atoms with Gasteiger partial charge < -0.3 is 15.4 Å². The van der Waals surface area contributed by atoms with E-state index in [1.165, 1.54) is 0 Å². The Morgan fingerprint density at radius 1 is 1.14 bits per heavy atom. The third-order valence-corrected chi connectivity index (χ3v) is 2.50. The lowest BCUT2D eigenvalue weighted by molar-refractivity contribution is 0.152. The zero-order chi connectivity index (χ0) is 9.80. The molecule has 2 rings (SSSR count). The highest BCUT2D eigenvalue weighted by Gasteiger charge is 2.11. The molecule has 1 aromatic rings. The van der Waals surface area contributed by atoms with E-state index < -0.39 is 0 Å². The number of nitrogens with zero attached hydrogens (tertiary/aromatic N) is 1. The number of hydrogen-bond acceptors (Lipinski definition) is 3. The van der Waals surface area contributed by atoms with Gasteiger partial charge in [-0.25, -0.2) is 0 Å². The monoisotopic (exact) mass is 192 g/mol. The first-order valence-electron chi connectivity index (χ1n) is 5.05. The van der Waals surface area contributed by atoms with Crippen molar-refractivity contribution in [3.8, 4) is 0 Å². The lowest BCUT2D eigenvalue weighted by Gasteiger charge is -2.23. The molecule has 0 saturated carbocycles. The van der Waals surface area contributed by atoms with Gasteiger partial charge in [-0.2, -0.15) is 0 Å². The summed E-state index contributed by atoms with van der Waals surface area (Å²) in [6, 6.07) is 8.01. The molecular formula is C11H16N2O. The predicted octanol–water partition coefficient (Wildman–Crippen LogP) is 1.50. The fraction of sp³-hybridized carbons (Fsp3) is 0.455. The summed E-state index contributed by atoms with van der Waals surface area (Å²) in [6.07, 6.45) is 1.08. The molecular weight excluding hydrogens is 176 g/mol. The molecule has 0 aromatic heterocycles. The average molecular weight is 192 g/mol. The Labute approximate surface area is 84.5 Å². The summed E-state index contributed by atoms with van der Waals surface area (Å²) >= 11 is 0. The third kappa shape index (κ3) is 1.99. The van der Waals surface area contributed by atoms with E-state index in [4.69, 9.17) is 10.5 Å². The number of benzene rings is 1. The minimum atomic E-state index is 0.800. The van der Waals surface area contributed by atoms with Gasteiger partial charge in [-0.1, -0.05) is 12.1 Å². The van der Waals surface area contributed by atoms with Crippen molar-refractivity contribution in [2.75, 3.05) is 36.9 Å². The van der Waals surface area contributed by atoms with Gasteiger partial charge in [0, 0.05) is 19.7 Å². The second-order valence-corrected chi connectivity index (χ2v) is 3.51. The first-order chi connectivity index (χ1) is 6.88. The van der Waals surface area contributed by atoms with E-state index in [-0.39, 0.29) is 0 Å². The Morgan fingerprint density at radius 2 is 2.00 bits per heavy atom. The maximum absolute atomic E-state index is 5.92. The van der Waals surface area contributed by atoms with Crippen LogP contribution in [0.15, 0.2) is 24.3 Å². The standard InChI is InChI=1S/C11H16N2O/c12-10-4-1-2-5-11(10)13-6-3-8-14-9-7-13/h1-2,4-5H,3,6-9,12H2. The van der Waals surface area contributed by atoms with Gasteiger partial charge in [-0.3, -0.25) is 0 Å². The molecule has 1 aliphatic rings. The molecule has 0 amide bonds. The smallest absolute Gasteiger partial charge is 0.0641 e. The van der Waals surface area contributed by atoms with Crippen LogP contribution in [0, 0.1) is 0 Å². The van der Waals surface area contributed by atoms with Crippen LogP contribution >= 0.6 is 0 Å². The molecule has 0 aliphatic carbocycles. The molecule has 3 nitrogen and oxygen atoms in total. The van der Waals surface area contributed by atoms with Crippen molar-refractivity contribution < 1.29 is 4.74 Å². The van der Waals surface area contributed by atoms with Crippen LogP contribution in [0.5, 0.6) is 0 Å². The number of anilines is 2. The molecule has 1 aliphatic heterocycles. The minimum absolute atomic E-state index is 0.800. The van der Waals surface area contributed by atoms with Crippen LogP contribution in [-0.4, -0.2) is 26.3 Å². The van der Waals surface area contributed by atoms with E-state index >= 15 is 0 Å². The Morgan fingerprint density at radius 3 is 2.86 bits per heavy atom. The van der Waals surface area contributed by atoms with E-state index in [9.17, 15) is 0 Å². The Hall–Kier alpha value is -1.22. The number of ether oxygens (including phenoxy) is 1. The van der Waals surface area contributed by atoms with E-state index in [1.807, 2.05) is 18.2 Å². The molecule has 76 valence electrons. The average Bonchev–Trinajstić information content (AvgIpc) is 2.47. The van der Waals surface area contributed by atoms with Crippen molar-refractivity contribution in [3.63, 3.8) is 0 Å². The fourth-order valence-electron chi connectivity index (χ4n) is 1.76. The van der Waals surface area contributed by atoms with Crippen molar-refractivity contribution >= 4 is 11.4 Å². The number of rotatable bonds is 1. The van der Waals surface area contributed by atoms with Gasteiger partial charge in [0.25, 0.3) is 0 Å². The normalized spacial score (nSPS) is 17.9. The van der Waals surface area contributed by atoms with Gasteiger partial charge in [-0.05, 0) is 18.6 Å². The summed E-state index contributed by atoms with van der Waals surface area (Å²) < 4.78 is 5.40. The highest BCUT2D eigenvalue weighted by Crippen LogP contribution is 2.22. The van der Waals surface area contributed by atoms with Crippen molar-refractivity contribution in [1.82, 2.24) is 0 Å². The number of hydrogen-bond donors (Lipinski definition) is 1. The topological polar surface area (TPSA) is 38.5 Å². The highest BCUT2D eigenvalue weighted by atomic mass is 16.5. The van der Waals surface area contributed by atoms with Crippen LogP contribution in [0.2, 0.25) is 0 Å². The van der Waals surface area contributed by atoms with Gasteiger partial charge in [0.15, 0.2) is 0 Å². The van der Waals surface area contributed by atoms with E-state index in [2.05, 4.69) is 11.0 Å². The Kier molecular flexibility index (Phi) is 2.89. The first kappa shape index (κ1) is 9.34. The zero-order valence-corrected chi connectivity index (χ0v) is 8.28. The summed E-state index contributed by atoms with van der Waals surface area (Å²) in [4.78, 5) is 2.29. The molecule has 3 heteroatoms. The number of nitrogens with two attached hydrogens (primary N) is 1. The molecule has 0 spiro atoms. The number of nitrogen functional groups attached to an aromatic ring is 1. The Bertz CT molecular complexity index is 293. The predicted molar refractivity (Wildman–Crippen MR) is 58.5 cm³/mol. The van der Waals surface area contributed by atoms with Gasteiger partial charge in [-0.15, -0.1) is 0 Å². The molecule has 0 unspecified atom stereocenters. The fourth-order valence-corrected chi connectivity index (χ4v) is 1.76. The summed E-state index contributed by atoms with van der Waals surface area (Å²) in [5.41, 5.74) is 7.91. The molecule has 0 bridgehead atoms. The summed E-state index contributed by atoms with van der Waals surface area (Å²) in [5, 5.41) is 0. The summed E-state index contributed by atoms with van der Waals surface area (Å²) in [7, 11) is 0. The van der Waals surface area contributed by atoms with Crippen molar-refractivity contribution in [1.29, 1.82) is 0 Å². The highest BCUT2D eigenvalue weighted by molar-refractivity contribution is 5.67. The van der Waals surface area contributed by atoms with Gasteiger partial charge >= 0.3 is 0 Å². The molecule has 1 saturated heterocycles. The lowest BCUT2D eigenvalue weighted by Crippen LogP contribution is -2.26. The van der Waals surface area contributed by atoms with Crippen molar-refractivity contribution in [3.05, 3.63) is 24.3 Å². The van der Waals surface area contributed by atoms with E-state index in [0.29, 0.717) is 0 Å². The zero-order valence-electron chi connectivity index (χ0n) is 8.28. The van der Waals surface area contributed by atoms with Crippen LogP contribution in [0.25, 0.3) is 0 Å². The van der Waals surface area contributed by atoms with E-state index in [1.54, 1.807) is 0 Å². The van der Waals surface area contributed by atoms with Gasteiger partial charge in [0.2, 0.25) is 0 Å². The largest absolute Gasteiger partial charge is 0.397 e. The number of para-hydroxylation sites is 2. The molecule has 0 atom stereocenters. The minimum Gasteiger partial charge on any atom is -0.397 e. The SMILES string of the molecule is Nc1ccccc1N1CCCOCC1. The van der Waals surface area contributed by atoms with E-state index in [0.717, 1.165) is 44.1 Å². The Balaban J connectivity index is 2.16. The molecule has 1 heterocycles. The second kappa shape index (κ2) is 4.33. The van der Waals surface area contributed by atoms with Gasteiger partial charge in [0.1, 0.15) is 0 Å². The van der Waals surface area contributed by atoms with Crippen LogP contribution in [0.4, 0.5) is 11.4 Å².